The van der Waals surface area contributed by atoms with Crippen LogP contribution in [0.15, 0.2) is 141 Å². The van der Waals surface area contributed by atoms with E-state index in [1.165, 1.54) is 56.2 Å². The van der Waals surface area contributed by atoms with E-state index in [1.807, 2.05) is 109 Å². The summed E-state index contributed by atoms with van der Waals surface area (Å²) >= 11 is 10.6. The van der Waals surface area contributed by atoms with E-state index in [0.717, 1.165) is 89.7 Å². The third-order valence-corrected chi connectivity index (χ3v) is 16.2. The number of rotatable bonds is 14. The molecule has 0 aliphatic carbocycles. The number of nitrogens with one attached hydrogen (secondary N) is 3. The number of carboxylic acid groups (broad SMARTS) is 1. The first-order chi connectivity index (χ1) is 47.1. The van der Waals surface area contributed by atoms with Crippen LogP contribution in [0.3, 0.4) is 0 Å². The Labute approximate surface area is 618 Å². The molecule has 4 N–H and O–H groups in total. The van der Waals surface area contributed by atoms with Crippen LogP contribution in [0, 0.1) is 84.1 Å². The van der Waals surface area contributed by atoms with Gasteiger partial charge in [0.05, 0.1) is 40.3 Å². The molecule has 9 aromatic rings. The molecule has 5 aromatic carbocycles. The number of methoxy groups -OCH3 is 2. The highest BCUT2D eigenvalue weighted by atomic mass is 127. The number of H-pyrrole nitrogens is 1. The second kappa shape index (κ2) is 36.8. The molecule has 0 bridgehead atoms. The molecule has 1 aliphatic rings. The number of anilines is 1. The quantitative estimate of drug-likeness (QED) is 0.0261. The number of halogens is 17. The zero-order chi connectivity index (χ0) is 74.1. The number of carbonyl (C=O) groups excluding carboxylic acids is 4. The molecule has 0 unspecified atom stereocenters. The van der Waals surface area contributed by atoms with E-state index in [1.54, 1.807) is 12.2 Å². The molecule has 5 heterocycles. The Kier molecular flexibility index (Phi) is 29.6. The fourth-order valence-electron chi connectivity index (χ4n) is 8.59. The molecular formula is C65H43BrF12I4N6O12. The van der Waals surface area contributed by atoms with E-state index < -0.39 is 121 Å². The predicted molar refractivity (Wildman–Crippen MR) is 375 cm³/mol. The zero-order valence-corrected chi connectivity index (χ0v) is 60.8. The third kappa shape index (κ3) is 22.0. The number of aromatic amines is 1. The minimum Gasteiger partial charge on any atom is -0.477 e. The van der Waals surface area contributed by atoms with Crippen molar-refractivity contribution in [2.45, 2.75) is 31.4 Å². The van der Waals surface area contributed by atoms with E-state index in [2.05, 4.69) is 41.0 Å². The number of carboxylic acids is 1. The van der Waals surface area contributed by atoms with E-state index in [0.29, 0.717) is 28.0 Å². The van der Waals surface area contributed by atoms with Crippen molar-refractivity contribution in [1.82, 2.24) is 24.0 Å². The molecule has 10 rings (SSSR count). The van der Waals surface area contributed by atoms with Gasteiger partial charge in [0.15, 0.2) is 69.8 Å². The molecule has 100 heavy (non-hydrogen) atoms. The van der Waals surface area contributed by atoms with Gasteiger partial charge < -0.3 is 43.9 Å². The first-order valence-corrected chi connectivity index (χ1v) is 33.0. The van der Waals surface area contributed by atoms with Gasteiger partial charge in [0, 0.05) is 56.6 Å². The third-order valence-electron chi connectivity index (χ3n) is 13.1. The molecule has 524 valence electrons. The second-order valence-corrected chi connectivity index (χ2v) is 25.8. The Hall–Kier alpha value is -8.45. The van der Waals surface area contributed by atoms with Gasteiger partial charge in [-0.3, -0.25) is 28.8 Å². The number of nitrogens with zero attached hydrogens (tertiary/aromatic N) is 3. The first-order valence-electron chi connectivity index (χ1n) is 27.6. The number of aromatic carboxylic acids is 1. The van der Waals surface area contributed by atoms with Gasteiger partial charge in [-0.2, -0.15) is 0 Å². The van der Waals surface area contributed by atoms with E-state index in [-0.39, 0.29) is 65.5 Å². The monoisotopic (exact) mass is 1910 g/mol. The van der Waals surface area contributed by atoms with Gasteiger partial charge in [-0.1, -0.05) is 40.2 Å². The second-order valence-electron chi connectivity index (χ2n) is 20.2. The van der Waals surface area contributed by atoms with Gasteiger partial charge in [-0.15, -0.1) is 0 Å². The lowest BCUT2D eigenvalue weighted by atomic mass is 10.1. The summed E-state index contributed by atoms with van der Waals surface area (Å²) in [6.07, 6.45) is 9.54. The van der Waals surface area contributed by atoms with Crippen molar-refractivity contribution < 1.29 is 91.2 Å². The van der Waals surface area contributed by atoms with Crippen molar-refractivity contribution in [1.29, 1.82) is 0 Å². The summed E-state index contributed by atoms with van der Waals surface area (Å²) in [4.78, 5) is 108. The van der Waals surface area contributed by atoms with Crippen molar-refractivity contribution in [3.8, 4) is 0 Å². The molecule has 0 fully saturated rings. The van der Waals surface area contributed by atoms with Crippen molar-refractivity contribution in [2.24, 2.45) is 0 Å². The maximum absolute atomic E-state index is 13.5. The average Bonchev–Trinajstić information content (AvgIpc) is 1.07. The van der Waals surface area contributed by atoms with Crippen LogP contribution in [0.2, 0.25) is 0 Å². The lowest BCUT2D eigenvalue weighted by molar-refractivity contribution is -0.115. The van der Waals surface area contributed by atoms with E-state index >= 15 is 0 Å². The number of fused-ring (bicyclic) bond motifs is 1. The maximum atomic E-state index is 13.5. The summed E-state index contributed by atoms with van der Waals surface area (Å²) < 4.78 is 170. The molecular weight excluding hydrogens is 1870 g/mol. The van der Waals surface area contributed by atoms with Crippen molar-refractivity contribution in [2.75, 3.05) is 26.1 Å². The zero-order valence-electron chi connectivity index (χ0n) is 50.6. The number of benzene rings is 5. The largest absolute Gasteiger partial charge is 0.477 e. The van der Waals surface area contributed by atoms with Gasteiger partial charge in [-0.05, 0) is 203 Å². The summed E-state index contributed by atoms with van der Waals surface area (Å²) in [6.45, 7) is -0.585. The summed E-state index contributed by atoms with van der Waals surface area (Å²) in [5.74, 6) is -20.1. The molecule has 0 radical (unpaired) electrons. The number of ether oxygens (including phenoxy) is 2. The normalized spacial score (nSPS) is 11.1. The number of esters is 2. The van der Waals surface area contributed by atoms with Gasteiger partial charge in [-0.25, -0.2) is 67.1 Å². The Morgan fingerprint density at radius 2 is 0.890 bits per heavy atom. The predicted octanol–water partition coefficient (Wildman–Crippen LogP) is 12.9. The van der Waals surface area contributed by atoms with Crippen LogP contribution < -0.4 is 32.9 Å². The highest BCUT2D eigenvalue weighted by Gasteiger charge is 2.21. The summed E-state index contributed by atoms with van der Waals surface area (Å²) in [5, 5.41) is 14.6. The first kappa shape index (κ1) is 80.5. The average molecular weight is 1920 g/mol. The molecule has 0 spiro atoms. The molecule has 35 heteroatoms. The Bertz CT molecular complexity index is 4870. The van der Waals surface area contributed by atoms with E-state index in [4.69, 9.17) is 5.11 Å². The van der Waals surface area contributed by atoms with Crippen molar-refractivity contribution in [3.63, 3.8) is 0 Å². The summed E-state index contributed by atoms with van der Waals surface area (Å²) in [6, 6.07) is 17.6. The van der Waals surface area contributed by atoms with Gasteiger partial charge in [0.1, 0.15) is 22.3 Å². The molecule has 0 atom stereocenters. The van der Waals surface area contributed by atoms with Crippen LogP contribution in [0.25, 0.3) is 6.08 Å². The summed E-state index contributed by atoms with van der Waals surface area (Å²) in [5.41, 5.74) is -0.312. The number of amides is 2. The molecule has 4 aromatic heterocycles. The minimum atomic E-state index is -1.60. The van der Waals surface area contributed by atoms with Crippen LogP contribution in [-0.2, 0) is 45.7 Å². The number of carbonyl (C=O) groups is 5. The van der Waals surface area contributed by atoms with Crippen molar-refractivity contribution in [3.05, 3.63) is 303 Å². The highest BCUT2D eigenvalue weighted by Crippen LogP contribution is 2.25. The number of pyridine rings is 4. The number of hydrogen-bond donors (Lipinski definition) is 4. The lowest BCUT2D eigenvalue weighted by Crippen LogP contribution is -2.33. The van der Waals surface area contributed by atoms with Crippen LogP contribution in [0.1, 0.15) is 74.8 Å². The highest BCUT2D eigenvalue weighted by molar-refractivity contribution is 14.1. The Morgan fingerprint density at radius 1 is 0.520 bits per heavy atom. The smallest absolute Gasteiger partial charge is 0.343 e. The molecule has 0 saturated heterocycles. The standard InChI is InChI=1S/C24H17F3IN3O3.C14H9F3INO3.C13H7F3INO3.C7H4BrF3.C7H6INO3/c25-18-6-14(7-19(26)22(18)27)11-31-12-16(28)10-17(24(31)34)23(33)29-5-1-2-13-3-4-15-9-21(32)30-20(15)8-13;1-22-14(21)9-4-8(18)6-19(13(9)20)5-7-2-10(15)12(17)11(16)3-7;14-9-1-6(2-10(15)11(9)16)4-18-5-7(17)3-8(12(18)19)13(20)21;8-3-4-1-5(9)7(11)6(10)2-4;1-12-7(11)5-2-4(8)3-9-6(5)10/h1-4,6-8,10,12H,5,9,11H2,(H,29,33)(H,30,32);2-4,6H,5H2,1H3;1-3,5H,4H2,(H,20,21);1-2H,3H2;2-3H,1H3,(H,9,10)/b2-1+;;;;. The fraction of sp³-hybridized carbons (Fsp3) is 0.123. The van der Waals surface area contributed by atoms with Gasteiger partial charge in [0.25, 0.3) is 28.1 Å². The molecule has 0 saturated carbocycles. The van der Waals surface area contributed by atoms with Crippen LogP contribution >= 0.6 is 106 Å². The number of hydrogen-bond acceptors (Lipinski definition) is 11. The van der Waals surface area contributed by atoms with Crippen LogP contribution in [0.5, 0.6) is 0 Å². The van der Waals surface area contributed by atoms with Gasteiger partial charge in [0.2, 0.25) is 5.91 Å². The molecule has 1 aliphatic heterocycles. The van der Waals surface area contributed by atoms with Crippen molar-refractivity contribution >= 4 is 148 Å². The topological polar surface area (TPSA) is 247 Å². The molecule has 2 amide bonds. The van der Waals surface area contributed by atoms with Crippen LogP contribution in [-0.4, -0.2) is 74.3 Å². The van der Waals surface area contributed by atoms with Gasteiger partial charge >= 0.3 is 17.9 Å². The molecule has 18 nitrogen and oxygen atoms in total. The minimum absolute atomic E-state index is 0.00633. The number of alkyl halides is 1. The summed E-state index contributed by atoms with van der Waals surface area (Å²) in [7, 11) is 2.37. The number of aromatic nitrogens is 4. The SMILES string of the molecule is COC(=O)c1cc(I)c[nH]c1=O.COC(=O)c1cc(I)cn(Cc2cc(F)c(F)c(F)c2)c1=O.Fc1cc(CBr)cc(F)c1F.O=C(O)c1cc(I)cn(Cc2cc(F)c(F)c(F)c2)c1=O.O=C1Cc2ccc(/C=C/CNC(=O)c3cc(I)cn(Cc4cc(F)c(F)c(F)c4)c3=O)cc2N1. The lowest BCUT2D eigenvalue weighted by Gasteiger charge is -2.10. The maximum Gasteiger partial charge on any atom is 0.343 e. The Morgan fingerprint density at radius 3 is 1.30 bits per heavy atom. The fourth-order valence-corrected chi connectivity index (χ4v) is 11.3. The van der Waals surface area contributed by atoms with Crippen LogP contribution in [0.4, 0.5) is 58.4 Å². The van der Waals surface area contributed by atoms with E-state index in [9.17, 15) is 95.8 Å². The Balaban J connectivity index is 0.000000209.